The number of aromatic nitrogens is 4. The summed E-state index contributed by atoms with van der Waals surface area (Å²) in [5, 5.41) is 14.7. The monoisotopic (exact) mass is 401 g/mol. The van der Waals surface area contributed by atoms with Crippen LogP contribution in [-0.4, -0.2) is 45.8 Å². The molecule has 0 bridgehead atoms. The second-order valence-electron chi connectivity index (χ2n) is 7.53. The van der Waals surface area contributed by atoms with E-state index in [1.807, 2.05) is 6.07 Å². The Kier molecular flexibility index (Phi) is 4.32. The van der Waals surface area contributed by atoms with Crippen LogP contribution in [0.3, 0.4) is 0 Å². The first kappa shape index (κ1) is 17.6. The number of anilines is 3. The Hall–Kier alpha value is -2.45. The SMILES string of the molecule is C[C@@H]1CN(c2nc(Nc3n[nH]c(C4CC4)c3F)c3cc(Cl)ccc3n2)CCN1. The maximum atomic E-state index is 14.8. The van der Waals surface area contributed by atoms with Crippen molar-refractivity contribution in [3.8, 4) is 0 Å². The van der Waals surface area contributed by atoms with Gasteiger partial charge in [-0.05, 0) is 38.0 Å². The fourth-order valence-corrected chi connectivity index (χ4v) is 3.79. The maximum absolute atomic E-state index is 14.8. The van der Waals surface area contributed by atoms with Gasteiger partial charge in [-0.25, -0.2) is 9.37 Å². The first-order chi connectivity index (χ1) is 13.6. The van der Waals surface area contributed by atoms with E-state index in [1.165, 1.54) is 0 Å². The van der Waals surface area contributed by atoms with Crippen LogP contribution in [-0.2, 0) is 0 Å². The van der Waals surface area contributed by atoms with E-state index < -0.39 is 0 Å². The predicted octanol–water partition coefficient (Wildman–Crippen LogP) is 3.56. The minimum absolute atomic E-state index is 0.154. The summed E-state index contributed by atoms with van der Waals surface area (Å²) in [6, 6.07) is 5.79. The molecule has 5 rings (SSSR count). The van der Waals surface area contributed by atoms with Gasteiger partial charge in [0, 0.05) is 42.0 Å². The summed E-state index contributed by atoms with van der Waals surface area (Å²) in [4.78, 5) is 11.5. The molecule has 0 spiro atoms. The van der Waals surface area contributed by atoms with Gasteiger partial charge in [-0.3, -0.25) is 5.10 Å². The molecular weight excluding hydrogens is 381 g/mol. The summed E-state index contributed by atoms with van der Waals surface area (Å²) < 4.78 is 14.8. The standard InChI is InChI=1S/C19H21ClFN7/c1-10-9-28(7-6-22-10)19-23-14-5-4-12(20)8-13(14)17(25-19)24-18-15(21)16(26-27-18)11-2-3-11/h4-5,8,10-11,22H,2-3,6-7,9H2,1H3,(H2,23,24,25,26,27)/t10-/m1/s1. The normalized spacial score (nSPS) is 20.0. The summed E-state index contributed by atoms with van der Waals surface area (Å²) in [6.45, 7) is 4.61. The lowest BCUT2D eigenvalue weighted by Crippen LogP contribution is -2.49. The Morgan fingerprint density at radius 3 is 2.89 bits per heavy atom. The molecule has 1 aromatic carbocycles. The minimum atomic E-state index is -0.339. The van der Waals surface area contributed by atoms with Crippen molar-refractivity contribution in [2.75, 3.05) is 29.9 Å². The predicted molar refractivity (Wildman–Crippen MR) is 108 cm³/mol. The zero-order valence-electron chi connectivity index (χ0n) is 15.5. The average Bonchev–Trinajstić information content (AvgIpc) is 3.46. The molecule has 0 amide bonds. The molecule has 2 aliphatic rings. The Morgan fingerprint density at radius 2 is 2.11 bits per heavy atom. The van der Waals surface area contributed by atoms with Gasteiger partial charge in [0.05, 0.1) is 11.2 Å². The van der Waals surface area contributed by atoms with Crippen molar-refractivity contribution in [2.24, 2.45) is 0 Å². The molecule has 1 saturated carbocycles. The Labute approximate surface area is 166 Å². The molecule has 1 atom stereocenters. The number of aromatic amines is 1. The molecule has 9 heteroatoms. The second kappa shape index (κ2) is 6.86. The van der Waals surface area contributed by atoms with Crippen LogP contribution >= 0.6 is 11.6 Å². The highest BCUT2D eigenvalue weighted by molar-refractivity contribution is 6.31. The highest BCUT2D eigenvalue weighted by Crippen LogP contribution is 2.41. The van der Waals surface area contributed by atoms with Gasteiger partial charge in [0.15, 0.2) is 11.6 Å². The number of nitrogens with zero attached hydrogens (tertiary/aromatic N) is 4. The molecule has 146 valence electrons. The van der Waals surface area contributed by atoms with Gasteiger partial charge >= 0.3 is 0 Å². The number of hydrogen-bond donors (Lipinski definition) is 3. The van der Waals surface area contributed by atoms with Crippen molar-refractivity contribution in [1.29, 1.82) is 0 Å². The van der Waals surface area contributed by atoms with Crippen molar-refractivity contribution in [1.82, 2.24) is 25.5 Å². The molecule has 0 unspecified atom stereocenters. The smallest absolute Gasteiger partial charge is 0.228 e. The number of rotatable bonds is 4. The third-order valence-electron chi connectivity index (χ3n) is 5.25. The first-order valence-corrected chi connectivity index (χ1v) is 9.92. The van der Waals surface area contributed by atoms with Crippen molar-refractivity contribution < 1.29 is 4.39 Å². The number of benzene rings is 1. The van der Waals surface area contributed by atoms with E-state index in [9.17, 15) is 4.39 Å². The van der Waals surface area contributed by atoms with E-state index in [0.29, 0.717) is 28.5 Å². The van der Waals surface area contributed by atoms with Crippen LogP contribution in [0.4, 0.5) is 22.0 Å². The van der Waals surface area contributed by atoms with Crippen LogP contribution in [0.2, 0.25) is 5.02 Å². The summed E-state index contributed by atoms with van der Waals surface area (Å²) in [6.07, 6.45) is 1.99. The van der Waals surface area contributed by atoms with Crippen LogP contribution in [0.15, 0.2) is 18.2 Å². The van der Waals surface area contributed by atoms with Crippen LogP contribution in [0.5, 0.6) is 0 Å². The van der Waals surface area contributed by atoms with E-state index >= 15 is 0 Å². The van der Waals surface area contributed by atoms with Crippen LogP contribution in [0.25, 0.3) is 10.9 Å². The third-order valence-corrected chi connectivity index (χ3v) is 5.49. The molecule has 0 radical (unpaired) electrons. The number of hydrogen-bond acceptors (Lipinski definition) is 6. The largest absolute Gasteiger partial charge is 0.338 e. The zero-order chi connectivity index (χ0) is 19.3. The number of nitrogens with one attached hydrogen (secondary N) is 3. The van der Waals surface area contributed by atoms with Crippen molar-refractivity contribution >= 4 is 40.1 Å². The van der Waals surface area contributed by atoms with Crippen LogP contribution in [0, 0.1) is 5.82 Å². The van der Waals surface area contributed by atoms with Crippen molar-refractivity contribution in [3.05, 3.63) is 34.7 Å². The van der Waals surface area contributed by atoms with E-state index in [0.717, 1.165) is 43.4 Å². The van der Waals surface area contributed by atoms with Crippen LogP contribution < -0.4 is 15.5 Å². The molecule has 1 saturated heterocycles. The first-order valence-electron chi connectivity index (χ1n) is 9.55. The van der Waals surface area contributed by atoms with Gasteiger partial charge < -0.3 is 15.5 Å². The lowest BCUT2D eigenvalue weighted by molar-refractivity contribution is 0.480. The second-order valence-corrected chi connectivity index (χ2v) is 7.97. The third kappa shape index (κ3) is 3.27. The molecule has 7 nitrogen and oxygen atoms in total. The number of piperazine rings is 1. The van der Waals surface area contributed by atoms with Gasteiger partial charge in [-0.15, -0.1) is 0 Å². The molecule has 28 heavy (non-hydrogen) atoms. The number of H-pyrrole nitrogens is 1. The van der Waals surface area contributed by atoms with Gasteiger partial charge in [0.25, 0.3) is 0 Å². The number of fused-ring (bicyclic) bond motifs is 1. The molecule has 3 heterocycles. The molecule has 2 fully saturated rings. The molecule has 1 aliphatic carbocycles. The summed E-state index contributed by atoms with van der Waals surface area (Å²) in [5.74, 6) is 1.18. The summed E-state index contributed by atoms with van der Waals surface area (Å²) >= 11 is 6.19. The van der Waals surface area contributed by atoms with Gasteiger partial charge in [-0.2, -0.15) is 10.1 Å². The van der Waals surface area contributed by atoms with E-state index in [1.54, 1.807) is 12.1 Å². The summed E-state index contributed by atoms with van der Waals surface area (Å²) in [7, 11) is 0. The molecule has 3 N–H and O–H groups in total. The van der Waals surface area contributed by atoms with Crippen molar-refractivity contribution in [2.45, 2.75) is 31.7 Å². The lowest BCUT2D eigenvalue weighted by Gasteiger charge is -2.32. The van der Waals surface area contributed by atoms with E-state index in [4.69, 9.17) is 21.6 Å². The van der Waals surface area contributed by atoms with E-state index in [-0.39, 0.29) is 17.6 Å². The van der Waals surface area contributed by atoms with Gasteiger partial charge in [0.1, 0.15) is 5.82 Å². The molecule has 2 aromatic heterocycles. The Balaban J connectivity index is 1.56. The highest BCUT2D eigenvalue weighted by Gasteiger charge is 2.30. The minimum Gasteiger partial charge on any atom is -0.338 e. The average molecular weight is 402 g/mol. The quantitative estimate of drug-likeness (QED) is 0.620. The van der Waals surface area contributed by atoms with Crippen molar-refractivity contribution in [3.63, 3.8) is 0 Å². The van der Waals surface area contributed by atoms with Gasteiger partial charge in [-0.1, -0.05) is 11.6 Å². The zero-order valence-corrected chi connectivity index (χ0v) is 16.2. The molecular formula is C19H21ClFN7. The fourth-order valence-electron chi connectivity index (χ4n) is 3.62. The maximum Gasteiger partial charge on any atom is 0.228 e. The molecule has 1 aliphatic heterocycles. The lowest BCUT2D eigenvalue weighted by atomic mass is 10.2. The number of halogens is 2. The Morgan fingerprint density at radius 1 is 1.25 bits per heavy atom. The van der Waals surface area contributed by atoms with Crippen LogP contribution in [0.1, 0.15) is 31.4 Å². The van der Waals surface area contributed by atoms with E-state index in [2.05, 4.69) is 32.7 Å². The Bertz CT molecular complexity index is 1030. The fraction of sp³-hybridized carbons (Fsp3) is 0.421. The van der Waals surface area contributed by atoms with Gasteiger partial charge in [0.2, 0.25) is 5.95 Å². The molecule has 3 aromatic rings. The topological polar surface area (TPSA) is 81.8 Å². The summed E-state index contributed by atoms with van der Waals surface area (Å²) in [5.41, 5.74) is 1.32. The highest BCUT2D eigenvalue weighted by atomic mass is 35.5.